The van der Waals surface area contributed by atoms with Gasteiger partial charge in [0.15, 0.2) is 23.0 Å². The lowest BCUT2D eigenvalue weighted by atomic mass is 10.2. The zero-order chi connectivity index (χ0) is 17.2. The van der Waals surface area contributed by atoms with Crippen LogP contribution in [0.2, 0.25) is 5.02 Å². The first-order valence-electron chi connectivity index (χ1n) is 7.54. The lowest BCUT2D eigenvalue weighted by molar-refractivity contribution is 0.372. The Labute approximate surface area is 148 Å². The summed E-state index contributed by atoms with van der Waals surface area (Å²) in [6.45, 7) is 0. The Hall–Kier alpha value is -3.12. The van der Waals surface area contributed by atoms with Crippen LogP contribution < -0.4 is 9.47 Å². The third-order valence-corrected chi connectivity index (χ3v) is 3.97. The van der Waals surface area contributed by atoms with Crippen molar-refractivity contribution in [1.29, 1.82) is 0 Å². The molecule has 0 aliphatic rings. The summed E-state index contributed by atoms with van der Waals surface area (Å²) in [6, 6.07) is 18.3. The van der Waals surface area contributed by atoms with Crippen molar-refractivity contribution >= 4 is 17.2 Å². The van der Waals surface area contributed by atoms with Crippen LogP contribution in [0.4, 0.5) is 0 Å². The van der Waals surface area contributed by atoms with E-state index in [1.807, 2.05) is 42.5 Å². The molecule has 2 heterocycles. The summed E-state index contributed by atoms with van der Waals surface area (Å²) in [5, 5.41) is 13.4. The first-order valence-corrected chi connectivity index (χ1v) is 7.92. The average molecular weight is 353 g/mol. The SMILES string of the molecule is COc1ccccc1Oc1ccc2nnc(-c3ccccc3Cl)n2n1. The predicted octanol–water partition coefficient (Wildman–Crippen LogP) is 4.25. The predicted molar refractivity (Wildman–Crippen MR) is 94.3 cm³/mol. The second-order valence-electron chi connectivity index (χ2n) is 5.20. The number of rotatable bonds is 4. The van der Waals surface area contributed by atoms with Gasteiger partial charge in [-0.1, -0.05) is 35.9 Å². The Morgan fingerprint density at radius 1 is 0.880 bits per heavy atom. The summed E-state index contributed by atoms with van der Waals surface area (Å²) in [5.41, 5.74) is 1.35. The molecule has 0 atom stereocenters. The number of para-hydroxylation sites is 2. The van der Waals surface area contributed by atoms with Crippen LogP contribution in [0.25, 0.3) is 17.0 Å². The molecule has 2 aromatic carbocycles. The van der Waals surface area contributed by atoms with Gasteiger partial charge in [-0.05, 0) is 30.3 Å². The molecule has 0 saturated carbocycles. The van der Waals surface area contributed by atoms with Gasteiger partial charge in [-0.15, -0.1) is 15.3 Å². The zero-order valence-corrected chi connectivity index (χ0v) is 14.0. The molecular formula is C18H13ClN4O2. The molecule has 124 valence electrons. The van der Waals surface area contributed by atoms with Crippen molar-refractivity contribution in [2.75, 3.05) is 7.11 Å². The highest BCUT2D eigenvalue weighted by atomic mass is 35.5. The maximum atomic E-state index is 6.27. The van der Waals surface area contributed by atoms with Gasteiger partial charge < -0.3 is 9.47 Å². The fourth-order valence-electron chi connectivity index (χ4n) is 2.45. The van der Waals surface area contributed by atoms with Crippen molar-refractivity contribution in [3.8, 4) is 28.8 Å². The second-order valence-corrected chi connectivity index (χ2v) is 5.61. The smallest absolute Gasteiger partial charge is 0.237 e. The monoisotopic (exact) mass is 352 g/mol. The van der Waals surface area contributed by atoms with Crippen LogP contribution in [0.1, 0.15) is 0 Å². The minimum Gasteiger partial charge on any atom is -0.493 e. The number of hydrogen-bond donors (Lipinski definition) is 0. The molecule has 0 spiro atoms. The number of nitrogens with zero attached hydrogens (tertiary/aromatic N) is 4. The van der Waals surface area contributed by atoms with Crippen molar-refractivity contribution in [2.24, 2.45) is 0 Å². The summed E-state index contributed by atoms with van der Waals surface area (Å²) in [5.74, 6) is 2.14. The van der Waals surface area contributed by atoms with Crippen LogP contribution in [0.3, 0.4) is 0 Å². The Morgan fingerprint density at radius 2 is 1.64 bits per heavy atom. The van der Waals surface area contributed by atoms with Crippen molar-refractivity contribution in [3.05, 3.63) is 65.7 Å². The highest BCUT2D eigenvalue weighted by Gasteiger charge is 2.14. The third-order valence-electron chi connectivity index (χ3n) is 3.64. The summed E-state index contributed by atoms with van der Waals surface area (Å²) in [7, 11) is 1.59. The van der Waals surface area contributed by atoms with Gasteiger partial charge in [-0.25, -0.2) is 0 Å². The molecule has 7 heteroatoms. The fourth-order valence-corrected chi connectivity index (χ4v) is 2.67. The lowest BCUT2D eigenvalue weighted by Gasteiger charge is -2.09. The second kappa shape index (κ2) is 6.41. The molecule has 0 aliphatic heterocycles. The van der Waals surface area contributed by atoms with E-state index in [2.05, 4.69) is 15.3 Å². The van der Waals surface area contributed by atoms with E-state index in [0.717, 1.165) is 5.56 Å². The summed E-state index contributed by atoms with van der Waals surface area (Å²) in [6.07, 6.45) is 0. The summed E-state index contributed by atoms with van der Waals surface area (Å²) >= 11 is 6.27. The largest absolute Gasteiger partial charge is 0.493 e. The van der Waals surface area contributed by atoms with Gasteiger partial charge in [0.2, 0.25) is 5.88 Å². The fraction of sp³-hybridized carbons (Fsp3) is 0.0556. The topological polar surface area (TPSA) is 61.5 Å². The Kier molecular flexibility index (Phi) is 3.95. The molecule has 0 unspecified atom stereocenters. The minimum absolute atomic E-state index is 0.394. The molecule has 0 aliphatic carbocycles. The molecular weight excluding hydrogens is 340 g/mol. The first kappa shape index (κ1) is 15.4. The van der Waals surface area contributed by atoms with Crippen LogP contribution in [-0.4, -0.2) is 26.9 Å². The maximum absolute atomic E-state index is 6.27. The Bertz CT molecular complexity index is 1050. The van der Waals surface area contributed by atoms with E-state index < -0.39 is 0 Å². The van der Waals surface area contributed by atoms with E-state index in [1.54, 1.807) is 29.8 Å². The van der Waals surface area contributed by atoms with Crippen LogP contribution >= 0.6 is 11.6 Å². The van der Waals surface area contributed by atoms with Crippen LogP contribution in [0.15, 0.2) is 60.7 Å². The number of benzene rings is 2. The highest BCUT2D eigenvalue weighted by Crippen LogP contribution is 2.31. The van der Waals surface area contributed by atoms with Crippen molar-refractivity contribution in [3.63, 3.8) is 0 Å². The van der Waals surface area contributed by atoms with E-state index in [1.165, 1.54) is 0 Å². The normalized spacial score (nSPS) is 10.8. The molecule has 25 heavy (non-hydrogen) atoms. The quantitative estimate of drug-likeness (QED) is 0.549. The summed E-state index contributed by atoms with van der Waals surface area (Å²) < 4.78 is 12.8. The molecule has 4 aromatic rings. The van der Waals surface area contributed by atoms with E-state index in [-0.39, 0.29) is 0 Å². The molecule has 0 fully saturated rings. The zero-order valence-electron chi connectivity index (χ0n) is 13.3. The number of fused-ring (bicyclic) bond motifs is 1. The lowest BCUT2D eigenvalue weighted by Crippen LogP contribution is -1.99. The average Bonchev–Trinajstić information content (AvgIpc) is 3.06. The van der Waals surface area contributed by atoms with Crippen molar-refractivity contribution < 1.29 is 9.47 Å². The molecule has 0 radical (unpaired) electrons. The van der Waals surface area contributed by atoms with Gasteiger partial charge in [-0.2, -0.15) is 4.52 Å². The van der Waals surface area contributed by atoms with Gasteiger partial charge in [0.25, 0.3) is 0 Å². The van der Waals surface area contributed by atoms with E-state index in [4.69, 9.17) is 21.1 Å². The van der Waals surface area contributed by atoms with Gasteiger partial charge >= 0.3 is 0 Å². The minimum atomic E-state index is 0.394. The number of hydrogen-bond acceptors (Lipinski definition) is 5. The van der Waals surface area contributed by atoms with Gasteiger partial charge in [0.1, 0.15) is 0 Å². The Balaban J connectivity index is 1.78. The molecule has 6 nitrogen and oxygen atoms in total. The Morgan fingerprint density at radius 3 is 2.44 bits per heavy atom. The van der Waals surface area contributed by atoms with Crippen molar-refractivity contribution in [2.45, 2.75) is 0 Å². The maximum Gasteiger partial charge on any atom is 0.237 e. The van der Waals surface area contributed by atoms with Crippen LogP contribution in [-0.2, 0) is 0 Å². The van der Waals surface area contributed by atoms with Gasteiger partial charge in [0.05, 0.1) is 12.1 Å². The van der Waals surface area contributed by atoms with Crippen LogP contribution in [0, 0.1) is 0 Å². The molecule has 0 bridgehead atoms. The number of aromatic nitrogens is 4. The van der Waals surface area contributed by atoms with E-state index >= 15 is 0 Å². The molecule has 4 rings (SSSR count). The number of halogens is 1. The van der Waals surface area contributed by atoms with E-state index in [9.17, 15) is 0 Å². The van der Waals surface area contributed by atoms with E-state index in [0.29, 0.717) is 33.9 Å². The standard InChI is InChI=1S/C18H13ClN4O2/c1-24-14-8-4-5-9-15(14)25-17-11-10-16-20-21-18(23(16)22-17)12-6-2-3-7-13(12)19/h2-11H,1H3. The van der Waals surface area contributed by atoms with Crippen molar-refractivity contribution in [1.82, 2.24) is 19.8 Å². The third kappa shape index (κ3) is 2.88. The molecule has 0 saturated heterocycles. The van der Waals surface area contributed by atoms with Crippen LogP contribution in [0.5, 0.6) is 17.4 Å². The van der Waals surface area contributed by atoms with Gasteiger partial charge in [-0.3, -0.25) is 0 Å². The molecule has 0 N–H and O–H groups in total. The highest BCUT2D eigenvalue weighted by molar-refractivity contribution is 6.33. The molecule has 0 amide bonds. The number of methoxy groups -OCH3 is 1. The van der Waals surface area contributed by atoms with Gasteiger partial charge in [0, 0.05) is 11.6 Å². The molecule has 2 aromatic heterocycles. The summed E-state index contributed by atoms with van der Waals surface area (Å²) in [4.78, 5) is 0. The number of ether oxygens (including phenoxy) is 2. The first-order chi connectivity index (χ1) is 12.3.